The van der Waals surface area contributed by atoms with Crippen molar-refractivity contribution in [3.05, 3.63) is 40.4 Å². The summed E-state index contributed by atoms with van der Waals surface area (Å²) in [5.74, 6) is 0.753. The van der Waals surface area contributed by atoms with Crippen LogP contribution in [0, 0.1) is 10.1 Å². The second kappa shape index (κ2) is 6.55. The van der Waals surface area contributed by atoms with Crippen LogP contribution in [0.25, 0.3) is 22.2 Å². The Hall–Kier alpha value is -3.13. The van der Waals surface area contributed by atoms with E-state index in [0.29, 0.717) is 18.8 Å². The van der Waals surface area contributed by atoms with E-state index in [1.54, 1.807) is 12.1 Å². The summed E-state index contributed by atoms with van der Waals surface area (Å²) in [4.78, 5) is 13.3. The average molecular weight is 367 g/mol. The first-order valence-corrected chi connectivity index (χ1v) is 8.86. The molecule has 140 valence electrons. The summed E-state index contributed by atoms with van der Waals surface area (Å²) in [5, 5.41) is 20.4. The number of ether oxygens (including phenoxy) is 1. The lowest BCUT2D eigenvalue weighted by molar-refractivity contribution is -0.383. The van der Waals surface area contributed by atoms with Gasteiger partial charge in [-0.1, -0.05) is 0 Å². The van der Waals surface area contributed by atoms with E-state index in [-0.39, 0.29) is 10.6 Å². The molecule has 8 nitrogen and oxygen atoms in total. The number of rotatable bonds is 6. The van der Waals surface area contributed by atoms with Gasteiger partial charge in [0.05, 0.1) is 29.0 Å². The minimum Gasteiger partial charge on any atom is -0.494 e. The van der Waals surface area contributed by atoms with Crippen LogP contribution in [0.15, 0.2) is 30.3 Å². The Morgan fingerprint density at radius 2 is 2.11 bits per heavy atom. The monoisotopic (exact) mass is 367 g/mol. The van der Waals surface area contributed by atoms with Gasteiger partial charge in [-0.3, -0.25) is 14.8 Å². The minimum absolute atomic E-state index is 0.0513. The molecule has 0 radical (unpaired) electrons. The fraction of sp³-hybridized carbons (Fsp3) is 0.316. The number of benzene rings is 2. The fourth-order valence-electron chi connectivity index (χ4n) is 3.41. The molecule has 1 aliphatic heterocycles. The van der Waals surface area contributed by atoms with E-state index in [1.165, 1.54) is 0 Å². The van der Waals surface area contributed by atoms with Crippen molar-refractivity contribution in [2.75, 3.05) is 32.6 Å². The lowest BCUT2D eigenvalue weighted by atomic mass is 9.99. The van der Waals surface area contributed by atoms with Gasteiger partial charge in [0.2, 0.25) is 0 Å². The number of hydrogen-bond acceptors (Lipinski definition) is 6. The molecule has 2 heterocycles. The Kier molecular flexibility index (Phi) is 4.19. The average Bonchev–Trinajstić information content (AvgIpc) is 3.01. The quantitative estimate of drug-likeness (QED) is 0.414. The zero-order valence-electron chi connectivity index (χ0n) is 15.5. The zero-order valence-corrected chi connectivity index (χ0v) is 15.5. The molecule has 0 saturated carbocycles. The SMILES string of the molecule is CCOc1ccc2c(c1)-c1nn(CCN(C)C)c3ccc([N+](=O)[O-])c(c13)N2. The molecular weight excluding hydrogens is 346 g/mol. The van der Waals surface area contributed by atoms with Gasteiger partial charge in [0.25, 0.3) is 5.69 Å². The third-order valence-electron chi connectivity index (χ3n) is 4.67. The first-order chi connectivity index (χ1) is 13.0. The van der Waals surface area contributed by atoms with E-state index < -0.39 is 0 Å². The summed E-state index contributed by atoms with van der Waals surface area (Å²) in [7, 11) is 4.01. The van der Waals surface area contributed by atoms with Crippen molar-refractivity contribution in [2.24, 2.45) is 0 Å². The van der Waals surface area contributed by atoms with Gasteiger partial charge in [0, 0.05) is 23.9 Å². The van der Waals surface area contributed by atoms with Crippen molar-refractivity contribution in [1.82, 2.24) is 14.7 Å². The maximum atomic E-state index is 11.5. The van der Waals surface area contributed by atoms with Crippen LogP contribution in [0.4, 0.5) is 17.1 Å². The molecule has 0 unspecified atom stereocenters. The molecule has 0 spiro atoms. The number of fused-ring (bicyclic) bond motifs is 2. The summed E-state index contributed by atoms with van der Waals surface area (Å²) in [6, 6.07) is 9.00. The normalized spacial score (nSPS) is 12.1. The van der Waals surface area contributed by atoms with E-state index in [1.807, 2.05) is 43.9 Å². The molecule has 3 aromatic rings. The van der Waals surface area contributed by atoms with Gasteiger partial charge in [0.1, 0.15) is 17.1 Å². The van der Waals surface area contributed by atoms with Crippen LogP contribution in [0.1, 0.15) is 6.92 Å². The van der Waals surface area contributed by atoms with Gasteiger partial charge < -0.3 is 15.0 Å². The van der Waals surface area contributed by atoms with Crippen molar-refractivity contribution in [2.45, 2.75) is 13.5 Å². The highest BCUT2D eigenvalue weighted by Gasteiger charge is 2.29. The summed E-state index contributed by atoms with van der Waals surface area (Å²) in [6.07, 6.45) is 0. The van der Waals surface area contributed by atoms with Gasteiger partial charge in [0.15, 0.2) is 0 Å². The molecule has 8 heteroatoms. The first-order valence-electron chi connectivity index (χ1n) is 8.86. The summed E-state index contributed by atoms with van der Waals surface area (Å²) in [5.41, 5.74) is 3.86. The first kappa shape index (κ1) is 17.3. The molecule has 2 aromatic carbocycles. The summed E-state index contributed by atoms with van der Waals surface area (Å²) >= 11 is 0. The Labute approximate surface area is 156 Å². The van der Waals surface area contributed by atoms with Gasteiger partial charge in [-0.2, -0.15) is 5.10 Å². The predicted molar refractivity (Wildman–Crippen MR) is 105 cm³/mol. The molecule has 1 aliphatic rings. The fourth-order valence-corrected chi connectivity index (χ4v) is 3.41. The Morgan fingerprint density at radius 3 is 2.81 bits per heavy atom. The lowest BCUT2D eigenvalue weighted by Gasteiger charge is -2.18. The van der Waals surface area contributed by atoms with Crippen molar-refractivity contribution >= 4 is 28.0 Å². The van der Waals surface area contributed by atoms with Crippen LogP contribution < -0.4 is 10.1 Å². The van der Waals surface area contributed by atoms with Crippen molar-refractivity contribution in [1.29, 1.82) is 0 Å². The van der Waals surface area contributed by atoms with Crippen LogP contribution in [0.2, 0.25) is 0 Å². The van der Waals surface area contributed by atoms with Crippen molar-refractivity contribution < 1.29 is 9.66 Å². The zero-order chi connectivity index (χ0) is 19.1. The molecule has 0 bridgehead atoms. The minimum atomic E-state index is -0.359. The van der Waals surface area contributed by atoms with E-state index >= 15 is 0 Å². The third kappa shape index (κ3) is 2.87. The number of anilines is 2. The Balaban J connectivity index is 1.95. The molecule has 0 atom stereocenters. The molecular formula is C19H21N5O3. The molecule has 1 N–H and O–H groups in total. The number of likely N-dealkylation sites (N-methyl/N-ethyl adjacent to an activating group) is 1. The smallest absolute Gasteiger partial charge is 0.293 e. The maximum Gasteiger partial charge on any atom is 0.293 e. The van der Waals surface area contributed by atoms with Crippen molar-refractivity contribution in [3.63, 3.8) is 0 Å². The van der Waals surface area contributed by atoms with Gasteiger partial charge in [-0.25, -0.2) is 0 Å². The highest BCUT2D eigenvalue weighted by atomic mass is 16.6. The second-order valence-corrected chi connectivity index (χ2v) is 6.75. The van der Waals surface area contributed by atoms with Crippen LogP contribution in [-0.4, -0.2) is 46.9 Å². The van der Waals surface area contributed by atoms with Crippen LogP contribution in [0.3, 0.4) is 0 Å². The Morgan fingerprint density at radius 1 is 1.30 bits per heavy atom. The van der Waals surface area contributed by atoms with Gasteiger partial charge in [-0.05, 0) is 45.3 Å². The standard InChI is InChI=1S/C19H21N5O3/c1-4-27-12-5-6-14-13(11-12)18-17-15(23(21-18)10-9-22(2)3)7-8-16(24(25)26)19(17)20-14/h5-8,11,20H,4,9-10H2,1-3H3. The summed E-state index contributed by atoms with van der Waals surface area (Å²) in [6.45, 7) is 4.02. The molecule has 1 aromatic heterocycles. The van der Waals surface area contributed by atoms with Gasteiger partial charge in [-0.15, -0.1) is 0 Å². The predicted octanol–water partition coefficient (Wildman–Crippen LogP) is 3.63. The number of nitro benzene ring substituents is 1. The number of nitrogens with zero attached hydrogens (tertiary/aromatic N) is 4. The molecule has 27 heavy (non-hydrogen) atoms. The molecule has 0 fully saturated rings. The van der Waals surface area contributed by atoms with Crippen LogP contribution in [-0.2, 0) is 6.54 Å². The molecule has 0 saturated heterocycles. The third-order valence-corrected chi connectivity index (χ3v) is 4.67. The largest absolute Gasteiger partial charge is 0.494 e. The van der Waals surface area contributed by atoms with Gasteiger partial charge >= 0.3 is 0 Å². The number of aromatic nitrogens is 2. The van der Waals surface area contributed by atoms with Crippen LogP contribution >= 0.6 is 0 Å². The van der Waals surface area contributed by atoms with E-state index in [2.05, 4.69) is 10.2 Å². The van der Waals surface area contributed by atoms with Crippen LogP contribution in [0.5, 0.6) is 5.75 Å². The van der Waals surface area contributed by atoms with E-state index in [4.69, 9.17) is 9.84 Å². The lowest BCUT2D eigenvalue weighted by Crippen LogP contribution is -2.18. The highest BCUT2D eigenvalue weighted by molar-refractivity contribution is 6.12. The summed E-state index contributed by atoms with van der Waals surface area (Å²) < 4.78 is 7.54. The Bertz CT molecular complexity index is 1040. The highest BCUT2D eigenvalue weighted by Crippen LogP contribution is 2.47. The van der Waals surface area contributed by atoms with Crippen molar-refractivity contribution in [3.8, 4) is 17.0 Å². The molecule has 0 amide bonds. The molecule has 4 rings (SSSR count). The maximum absolute atomic E-state index is 11.5. The van der Waals surface area contributed by atoms with E-state index in [0.717, 1.165) is 40.1 Å². The molecule has 0 aliphatic carbocycles. The topological polar surface area (TPSA) is 85.5 Å². The second-order valence-electron chi connectivity index (χ2n) is 6.75. The number of nitrogens with one attached hydrogen (secondary N) is 1. The number of nitro groups is 1. The number of hydrogen-bond donors (Lipinski definition) is 1. The van der Waals surface area contributed by atoms with E-state index in [9.17, 15) is 10.1 Å².